The van der Waals surface area contributed by atoms with Crippen molar-refractivity contribution in [2.75, 3.05) is 54.4 Å². The van der Waals surface area contributed by atoms with Gasteiger partial charge < -0.3 is 14.7 Å². The number of amides is 1. The molecule has 4 heteroatoms. The molecule has 0 radical (unpaired) electrons. The van der Waals surface area contributed by atoms with Crippen LogP contribution >= 0.6 is 0 Å². The third-order valence-electron chi connectivity index (χ3n) is 6.19. The number of quaternary nitrogens is 1. The minimum Gasteiger partial charge on any atom is -0.346 e. The molecular formula is C30H50N3O+. The molecule has 190 valence electrons. The molecule has 0 unspecified atom stereocenters. The van der Waals surface area contributed by atoms with Crippen molar-refractivity contribution in [2.45, 2.75) is 60.3 Å². The number of allylic oxidation sites excluding steroid dienone is 5. The fourth-order valence-electron chi connectivity index (χ4n) is 3.77. The molecule has 1 N–H and O–H groups in total. The number of benzene rings is 1. The first kappa shape index (κ1) is 29.9. The van der Waals surface area contributed by atoms with Crippen LogP contribution in [0.1, 0.15) is 74.9 Å². The molecule has 0 aliphatic rings. The van der Waals surface area contributed by atoms with Crippen LogP contribution in [-0.4, -0.2) is 69.7 Å². The van der Waals surface area contributed by atoms with Crippen molar-refractivity contribution >= 4 is 12.0 Å². The van der Waals surface area contributed by atoms with Crippen LogP contribution in [0.3, 0.4) is 0 Å². The Labute approximate surface area is 210 Å². The van der Waals surface area contributed by atoms with Gasteiger partial charge in [0.05, 0.1) is 33.7 Å². The molecule has 0 atom stereocenters. The number of carbonyl (C=O) groups excluding carboxylic acids is 1. The van der Waals surface area contributed by atoms with Gasteiger partial charge in [-0.3, -0.25) is 4.79 Å². The van der Waals surface area contributed by atoms with Crippen LogP contribution in [0.5, 0.6) is 0 Å². The molecule has 0 aliphatic carbocycles. The first-order valence-electron chi connectivity index (χ1n) is 12.7. The maximum atomic E-state index is 12.7. The molecule has 4 nitrogen and oxygen atoms in total. The third-order valence-corrected chi connectivity index (χ3v) is 6.19. The number of carbonyl (C=O) groups is 1. The van der Waals surface area contributed by atoms with Crippen LogP contribution in [-0.2, 0) is 0 Å². The maximum absolute atomic E-state index is 12.7. The normalized spacial score (nSPS) is 12.8. The molecule has 0 saturated carbocycles. The van der Waals surface area contributed by atoms with Gasteiger partial charge in [0.2, 0.25) is 0 Å². The van der Waals surface area contributed by atoms with E-state index < -0.39 is 0 Å². The minimum atomic E-state index is 0.0195. The second kappa shape index (κ2) is 15.0. The zero-order chi connectivity index (χ0) is 25.7. The van der Waals surface area contributed by atoms with Crippen molar-refractivity contribution in [3.63, 3.8) is 0 Å². The second-order valence-electron chi connectivity index (χ2n) is 10.9. The Kier molecular flexibility index (Phi) is 13.1. The summed E-state index contributed by atoms with van der Waals surface area (Å²) in [6.07, 6.45) is 11.3. The van der Waals surface area contributed by atoms with E-state index in [-0.39, 0.29) is 5.91 Å². The molecular weight excluding hydrogens is 418 g/mol. The molecule has 0 bridgehead atoms. The molecule has 1 aromatic rings. The first-order valence-corrected chi connectivity index (χ1v) is 12.7. The molecule has 34 heavy (non-hydrogen) atoms. The topological polar surface area (TPSA) is 32.3 Å². The predicted octanol–water partition coefficient (Wildman–Crippen LogP) is 6.24. The highest BCUT2D eigenvalue weighted by Gasteiger charge is 2.16. The summed E-state index contributed by atoms with van der Waals surface area (Å²) in [5, 5.41) is 3.11. The lowest BCUT2D eigenvalue weighted by Crippen LogP contribution is -2.48. The van der Waals surface area contributed by atoms with E-state index in [1.165, 1.54) is 16.7 Å². The van der Waals surface area contributed by atoms with Gasteiger partial charge in [0.1, 0.15) is 0 Å². The Morgan fingerprint density at radius 2 is 1.62 bits per heavy atom. The molecule has 1 aromatic carbocycles. The van der Waals surface area contributed by atoms with Crippen LogP contribution in [0.15, 0.2) is 47.1 Å². The van der Waals surface area contributed by atoms with Gasteiger partial charge in [-0.25, -0.2) is 0 Å². The number of nitrogens with one attached hydrogen (secondary N) is 1. The fraction of sp³-hybridized carbons (Fsp3) is 0.567. The van der Waals surface area contributed by atoms with Gasteiger partial charge in [0, 0.05) is 12.1 Å². The molecule has 1 amide bonds. The zero-order valence-electron chi connectivity index (χ0n) is 23.4. The number of likely N-dealkylation sites (N-methyl/N-ethyl adjacent to an activating group) is 2. The van der Waals surface area contributed by atoms with Gasteiger partial charge in [-0.15, -0.1) is 0 Å². The van der Waals surface area contributed by atoms with E-state index in [1.54, 1.807) is 0 Å². The van der Waals surface area contributed by atoms with Crippen molar-refractivity contribution in [3.8, 4) is 0 Å². The smallest absolute Gasteiger partial charge is 0.251 e. The highest BCUT2D eigenvalue weighted by Crippen LogP contribution is 2.17. The van der Waals surface area contributed by atoms with E-state index in [1.807, 2.05) is 13.0 Å². The summed E-state index contributed by atoms with van der Waals surface area (Å²) in [5.41, 5.74) is 7.18. The van der Waals surface area contributed by atoms with Crippen molar-refractivity contribution in [3.05, 3.63) is 63.8 Å². The molecule has 0 spiro atoms. The monoisotopic (exact) mass is 468 g/mol. The van der Waals surface area contributed by atoms with E-state index >= 15 is 0 Å². The summed E-state index contributed by atoms with van der Waals surface area (Å²) in [6, 6.07) is 6.14. The van der Waals surface area contributed by atoms with Crippen molar-refractivity contribution in [1.29, 1.82) is 0 Å². The highest BCUT2D eigenvalue weighted by atomic mass is 16.1. The molecule has 0 saturated heterocycles. The summed E-state index contributed by atoms with van der Waals surface area (Å²) in [4.78, 5) is 14.9. The van der Waals surface area contributed by atoms with Gasteiger partial charge >= 0.3 is 0 Å². The average Bonchev–Trinajstić information content (AvgIpc) is 2.72. The van der Waals surface area contributed by atoms with E-state index in [2.05, 4.69) is 96.5 Å². The Hall–Kier alpha value is -2.17. The standard InChI is InChI=1S/C30H49N3O/c1-24(2)12-10-13-25(3)14-11-15-26(4)22-28-16-17-29(27(5)23-28)30(34)31-18-20-33(8,9)21-19-32(6)7/h12,14,16-17,22-23H,10-11,13,15,18-21H2,1-9H3/p+1. The summed E-state index contributed by atoms with van der Waals surface area (Å²) in [6.45, 7) is 14.5. The van der Waals surface area contributed by atoms with Gasteiger partial charge in [-0.2, -0.15) is 0 Å². The van der Waals surface area contributed by atoms with Gasteiger partial charge in [-0.1, -0.05) is 47.1 Å². The molecule has 0 aliphatic heterocycles. The zero-order valence-corrected chi connectivity index (χ0v) is 23.4. The number of aryl methyl sites for hydroxylation is 1. The van der Waals surface area contributed by atoms with Crippen LogP contribution < -0.4 is 5.32 Å². The SMILES string of the molecule is CC(C)=CCCC(C)=CCCC(C)=Cc1ccc(C(=O)NCC[N+](C)(C)CCN(C)C)c(C)c1. The lowest BCUT2D eigenvalue weighted by atomic mass is 10.0. The highest BCUT2D eigenvalue weighted by molar-refractivity contribution is 5.95. The summed E-state index contributed by atoms with van der Waals surface area (Å²) >= 11 is 0. The molecule has 0 aromatic heterocycles. The largest absolute Gasteiger partial charge is 0.346 e. The molecule has 1 rings (SSSR count). The minimum absolute atomic E-state index is 0.0195. The molecule has 0 fully saturated rings. The number of rotatable bonds is 14. The average molecular weight is 469 g/mol. The lowest BCUT2D eigenvalue weighted by molar-refractivity contribution is -0.888. The lowest BCUT2D eigenvalue weighted by Gasteiger charge is -2.31. The van der Waals surface area contributed by atoms with E-state index in [0.29, 0.717) is 6.54 Å². The maximum Gasteiger partial charge on any atom is 0.251 e. The molecule has 0 heterocycles. The van der Waals surface area contributed by atoms with Crippen molar-refractivity contribution < 1.29 is 9.28 Å². The Morgan fingerprint density at radius 3 is 2.24 bits per heavy atom. The van der Waals surface area contributed by atoms with Crippen LogP contribution in [0.25, 0.3) is 6.08 Å². The van der Waals surface area contributed by atoms with Gasteiger partial charge in [0.15, 0.2) is 0 Å². The van der Waals surface area contributed by atoms with Crippen molar-refractivity contribution in [1.82, 2.24) is 10.2 Å². The quantitative estimate of drug-likeness (QED) is 0.259. The van der Waals surface area contributed by atoms with E-state index in [9.17, 15) is 4.79 Å². The summed E-state index contributed by atoms with van der Waals surface area (Å²) in [5.74, 6) is 0.0195. The Bertz CT molecular complexity index is 871. The summed E-state index contributed by atoms with van der Waals surface area (Å²) < 4.78 is 0.893. The van der Waals surface area contributed by atoms with Gasteiger partial charge in [0.25, 0.3) is 5.91 Å². The third kappa shape index (κ3) is 12.9. The number of hydrogen-bond acceptors (Lipinski definition) is 2. The number of nitrogens with zero attached hydrogens (tertiary/aromatic N) is 2. The Balaban J connectivity index is 2.58. The van der Waals surface area contributed by atoms with Crippen molar-refractivity contribution in [2.24, 2.45) is 0 Å². The van der Waals surface area contributed by atoms with Gasteiger partial charge in [-0.05, 0) is 91.6 Å². The van der Waals surface area contributed by atoms with E-state index in [4.69, 9.17) is 0 Å². The first-order chi connectivity index (χ1) is 15.9. The fourth-order valence-corrected chi connectivity index (χ4v) is 3.77. The Morgan fingerprint density at radius 1 is 0.971 bits per heavy atom. The second-order valence-corrected chi connectivity index (χ2v) is 10.9. The van der Waals surface area contributed by atoms with Crippen LogP contribution in [0, 0.1) is 6.92 Å². The predicted molar refractivity (Wildman–Crippen MR) is 149 cm³/mol. The number of hydrogen-bond donors (Lipinski definition) is 1. The van der Waals surface area contributed by atoms with E-state index in [0.717, 1.165) is 66.5 Å². The summed E-state index contributed by atoms with van der Waals surface area (Å²) in [7, 11) is 8.62. The van der Waals surface area contributed by atoms with Crippen LogP contribution in [0.4, 0.5) is 0 Å². The van der Waals surface area contributed by atoms with Crippen LogP contribution in [0.2, 0.25) is 0 Å².